The van der Waals surface area contributed by atoms with E-state index in [1.54, 1.807) is 0 Å². The Bertz CT molecular complexity index is 562. The minimum Gasteiger partial charge on any atom is -0.466 e. The van der Waals surface area contributed by atoms with Gasteiger partial charge in [0.25, 0.3) is 0 Å². The molecule has 7 heteroatoms. The highest BCUT2D eigenvalue weighted by molar-refractivity contribution is 6.74. The van der Waals surface area contributed by atoms with E-state index in [0.717, 1.165) is 31.2 Å². The number of hydrogen-bond acceptors (Lipinski definition) is 5. The molecule has 0 unspecified atom stereocenters. The number of unbranched alkanes of at least 4 members (excludes halogenated alkanes) is 2. The van der Waals surface area contributed by atoms with E-state index in [0.29, 0.717) is 13.2 Å². The second-order valence-electron chi connectivity index (χ2n) is 10.6. The van der Waals surface area contributed by atoms with E-state index < -0.39 is 8.32 Å². The van der Waals surface area contributed by atoms with Gasteiger partial charge in [-0.25, -0.2) is 0 Å². The molecule has 0 spiro atoms. The van der Waals surface area contributed by atoms with Crippen LogP contribution in [0.1, 0.15) is 81.1 Å². The summed E-state index contributed by atoms with van der Waals surface area (Å²) in [5.41, 5.74) is 0.438. The molecule has 1 rings (SSSR count). The highest BCUT2D eigenvalue weighted by atomic mass is 28.4. The van der Waals surface area contributed by atoms with E-state index in [4.69, 9.17) is 18.5 Å². The van der Waals surface area contributed by atoms with E-state index >= 15 is 0 Å². The monoisotopic (exact) mass is 426 g/mol. The van der Waals surface area contributed by atoms with Crippen molar-refractivity contribution in [2.45, 2.75) is 110 Å². The minimum absolute atomic E-state index is 0.192. The normalized spacial score (nSPS) is 19.5. The average Bonchev–Trinajstić information content (AvgIpc) is 2.75. The topological polar surface area (TPSA) is 54.0 Å². The molecular weight excluding hydrogens is 383 g/mol. The maximum Gasteiger partial charge on any atom is 0.490 e. The van der Waals surface area contributed by atoms with E-state index in [-0.39, 0.29) is 29.3 Å². The molecule has 0 saturated carbocycles. The summed E-state index contributed by atoms with van der Waals surface area (Å²) >= 11 is 0. The molecule has 29 heavy (non-hydrogen) atoms. The summed E-state index contributed by atoms with van der Waals surface area (Å²) in [6.45, 7) is 22.2. The molecule has 0 amide bonds. The van der Waals surface area contributed by atoms with E-state index in [1.165, 1.54) is 6.92 Å². The van der Waals surface area contributed by atoms with Crippen LogP contribution >= 0.6 is 0 Å². The van der Waals surface area contributed by atoms with Crippen molar-refractivity contribution in [3.8, 4) is 0 Å². The molecule has 1 fully saturated rings. The van der Waals surface area contributed by atoms with Gasteiger partial charge in [0.15, 0.2) is 8.32 Å². The Morgan fingerprint density at radius 2 is 1.59 bits per heavy atom. The lowest BCUT2D eigenvalue weighted by Gasteiger charge is -2.36. The van der Waals surface area contributed by atoms with Gasteiger partial charge in [-0.1, -0.05) is 26.8 Å². The molecule has 0 N–H and O–H groups in total. The van der Waals surface area contributed by atoms with Crippen LogP contribution in [0.25, 0.3) is 0 Å². The van der Waals surface area contributed by atoms with Crippen molar-refractivity contribution < 1.29 is 23.3 Å². The van der Waals surface area contributed by atoms with Gasteiger partial charge in [0, 0.05) is 13.5 Å². The van der Waals surface area contributed by atoms with E-state index in [9.17, 15) is 4.79 Å². The van der Waals surface area contributed by atoms with Gasteiger partial charge in [-0.05, 0) is 77.0 Å². The van der Waals surface area contributed by atoms with Crippen LogP contribution in [0, 0.1) is 0 Å². The quantitative estimate of drug-likeness (QED) is 0.255. The smallest absolute Gasteiger partial charge is 0.466 e. The lowest BCUT2D eigenvalue weighted by atomic mass is 9.75. The van der Waals surface area contributed by atoms with Gasteiger partial charge in [0.2, 0.25) is 0 Å². The fourth-order valence-corrected chi connectivity index (χ4v) is 3.75. The van der Waals surface area contributed by atoms with Crippen molar-refractivity contribution in [1.82, 2.24) is 0 Å². The number of ether oxygens (including phenoxy) is 1. The summed E-state index contributed by atoms with van der Waals surface area (Å²) in [7, 11) is -2.12. The Labute approximate surface area is 180 Å². The van der Waals surface area contributed by atoms with Crippen LogP contribution in [0.15, 0.2) is 11.5 Å². The van der Waals surface area contributed by atoms with Crippen LogP contribution < -0.4 is 0 Å². The largest absolute Gasteiger partial charge is 0.490 e. The Balaban J connectivity index is 2.74. The number of carbonyl (C=O) groups is 1. The summed E-state index contributed by atoms with van der Waals surface area (Å²) in [4.78, 5) is 10.9. The van der Waals surface area contributed by atoms with Crippen molar-refractivity contribution in [3.05, 3.63) is 11.5 Å². The predicted molar refractivity (Wildman–Crippen MR) is 122 cm³/mol. The molecule has 1 aliphatic heterocycles. The van der Waals surface area contributed by atoms with Crippen molar-refractivity contribution >= 4 is 21.4 Å². The molecule has 1 aliphatic rings. The third kappa shape index (κ3) is 7.85. The van der Waals surface area contributed by atoms with Crippen LogP contribution in [-0.4, -0.2) is 45.8 Å². The van der Waals surface area contributed by atoms with Gasteiger partial charge >= 0.3 is 13.1 Å². The summed E-state index contributed by atoms with van der Waals surface area (Å²) < 4.78 is 24.0. The van der Waals surface area contributed by atoms with Crippen molar-refractivity contribution in [3.63, 3.8) is 0 Å². The zero-order valence-corrected chi connectivity index (χ0v) is 21.4. The first kappa shape index (κ1) is 26.4. The third-order valence-electron chi connectivity index (χ3n) is 6.53. The van der Waals surface area contributed by atoms with Crippen LogP contribution in [0.2, 0.25) is 18.1 Å². The molecule has 5 nitrogen and oxygen atoms in total. The van der Waals surface area contributed by atoms with Gasteiger partial charge in [0.05, 0.1) is 17.8 Å². The van der Waals surface area contributed by atoms with Crippen molar-refractivity contribution in [2.75, 3.05) is 13.2 Å². The zero-order chi connectivity index (χ0) is 22.5. The third-order valence-corrected chi connectivity index (χ3v) is 11.1. The first-order chi connectivity index (χ1) is 13.1. The highest BCUT2D eigenvalue weighted by Gasteiger charge is 2.52. The molecule has 0 radical (unpaired) electrons. The van der Waals surface area contributed by atoms with Crippen LogP contribution in [0.3, 0.4) is 0 Å². The van der Waals surface area contributed by atoms with Crippen molar-refractivity contribution in [2.24, 2.45) is 0 Å². The maximum absolute atomic E-state index is 10.9. The van der Waals surface area contributed by atoms with Crippen LogP contribution in [0.5, 0.6) is 0 Å². The van der Waals surface area contributed by atoms with Gasteiger partial charge in [-0.2, -0.15) is 0 Å². The van der Waals surface area contributed by atoms with Gasteiger partial charge in [-0.15, -0.1) is 0 Å². The molecule has 0 bridgehead atoms. The van der Waals surface area contributed by atoms with Gasteiger partial charge in [-0.3, -0.25) is 4.79 Å². The van der Waals surface area contributed by atoms with Crippen LogP contribution in [0.4, 0.5) is 0 Å². The number of rotatable bonds is 10. The molecular formula is C22H43BO5Si. The maximum atomic E-state index is 10.9. The lowest BCUT2D eigenvalue weighted by molar-refractivity contribution is -0.141. The summed E-state index contributed by atoms with van der Waals surface area (Å²) in [5, 5.41) is 0.192. The van der Waals surface area contributed by atoms with Crippen LogP contribution in [-0.2, 0) is 23.3 Å². The number of esters is 1. The Morgan fingerprint density at radius 1 is 1.03 bits per heavy atom. The number of hydrogen-bond donors (Lipinski definition) is 0. The molecule has 0 aromatic heterocycles. The molecule has 1 heterocycles. The second-order valence-corrected chi connectivity index (χ2v) is 15.4. The second kappa shape index (κ2) is 10.1. The highest BCUT2D eigenvalue weighted by Crippen LogP contribution is 2.40. The summed E-state index contributed by atoms with van der Waals surface area (Å²) in [6.07, 6.45) is 5.74. The lowest BCUT2D eigenvalue weighted by Crippen LogP contribution is -2.41. The summed E-state index contributed by atoms with van der Waals surface area (Å²) in [6, 6.07) is 0. The molecule has 168 valence electrons. The zero-order valence-electron chi connectivity index (χ0n) is 20.4. The molecule has 0 aliphatic carbocycles. The molecule has 1 saturated heterocycles. The van der Waals surface area contributed by atoms with Crippen molar-refractivity contribution in [1.29, 1.82) is 0 Å². The first-order valence-corrected chi connectivity index (χ1v) is 13.8. The standard InChI is InChI=1S/C22H43BO5Si/c1-18(24)25-16-13-11-12-14-19(15-17-26-29(9,10)20(2,3)4)23-27-21(5,6)22(7,8)28-23/h14H,11-13,15-17H2,1-10H3/b19-14+. The fourth-order valence-electron chi connectivity index (χ4n) is 2.70. The molecule has 0 atom stereocenters. The van der Waals surface area contributed by atoms with E-state index in [2.05, 4.69) is 67.6 Å². The SMILES string of the molecule is CC(=O)OCCCC/C=C(\CCO[Si](C)(C)C(C)(C)C)B1OC(C)(C)C(C)(C)O1. The minimum atomic E-state index is -1.78. The number of carbonyl (C=O) groups excluding carboxylic acids is 1. The Kier molecular flexibility index (Phi) is 9.21. The summed E-state index contributed by atoms with van der Waals surface area (Å²) in [5.74, 6) is -0.221. The van der Waals surface area contributed by atoms with Gasteiger partial charge in [0.1, 0.15) is 0 Å². The Hall–Kier alpha value is -0.628. The fraction of sp³-hybridized carbons (Fsp3) is 0.864. The molecule has 0 aromatic carbocycles. The number of allylic oxidation sites excluding steroid dienone is 1. The average molecular weight is 426 g/mol. The van der Waals surface area contributed by atoms with E-state index in [1.807, 2.05) is 0 Å². The van der Waals surface area contributed by atoms with Gasteiger partial charge < -0.3 is 18.5 Å². The first-order valence-electron chi connectivity index (χ1n) is 10.9. The predicted octanol–water partition coefficient (Wildman–Crippen LogP) is 5.69. The Morgan fingerprint density at radius 3 is 2.07 bits per heavy atom. The molecule has 0 aromatic rings.